The van der Waals surface area contributed by atoms with Crippen LogP contribution in [0.1, 0.15) is 16.7 Å². The first-order valence-electron chi connectivity index (χ1n) is 6.88. The van der Waals surface area contributed by atoms with Crippen molar-refractivity contribution in [3.8, 4) is 17.3 Å². The molecular formula is C18H13N3O. The van der Waals surface area contributed by atoms with E-state index in [9.17, 15) is 10.1 Å². The Hall–Kier alpha value is -3.19. The summed E-state index contributed by atoms with van der Waals surface area (Å²) in [4.78, 5) is 19.2. The normalized spacial score (nSPS) is 10.1. The molecule has 106 valence electrons. The molecule has 0 bridgehead atoms. The second-order valence-corrected chi connectivity index (χ2v) is 4.93. The minimum atomic E-state index is -0.179. The second-order valence-electron chi connectivity index (χ2n) is 4.93. The van der Waals surface area contributed by atoms with Gasteiger partial charge < -0.3 is 4.98 Å². The minimum Gasteiger partial charge on any atom is -0.321 e. The highest BCUT2D eigenvalue weighted by molar-refractivity contribution is 5.66. The Kier molecular flexibility index (Phi) is 3.80. The van der Waals surface area contributed by atoms with Crippen molar-refractivity contribution >= 4 is 0 Å². The van der Waals surface area contributed by atoms with Crippen molar-refractivity contribution in [3.63, 3.8) is 0 Å². The summed E-state index contributed by atoms with van der Waals surface area (Å²) in [7, 11) is 0. The van der Waals surface area contributed by atoms with Gasteiger partial charge in [0.25, 0.3) is 5.56 Å². The van der Waals surface area contributed by atoms with Gasteiger partial charge in [-0.3, -0.25) is 9.78 Å². The zero-order chi connectivity index (χ0) is 15.4. The SMILES string of the molecule is N#Cc1cc(Cc2cccnc2)c(=O)[nH]c1-c1ccccc1. The Balaban J connectivity index is 2.05. The van der Waals surface area contributed by atoms with Crippen molar-refractivity contribution in [1.82, 2.24) is 9.97 Å². The van der Waals surface area contributed by atoms with Gasteiger partial charge in [-0.15, -0.1) is 0 Å². The maximum absolute atomic E-state index is 12.3. The number of nitrogens with zero attached hydrogens (tertiary/aromatic N) is 2. The van der Waals surface area contributed by atoms with Crippen LogP contribution in [0, 0.1) is 11.3 Å². The van der Waals surface area contributed by atoms with Crippen molar-refractivity contribution < 1.29 is 0 Å². The fourth-order valence-electron chi connectivity index (χ4n) is 2.35. The first-order chi connectivity index (χ1) is 10.8. The smallest absolute Gasteiger partial charge is 0.252 e. The summed E-state index contributed by atoms with van der Waals surface area (Å²) in [5.74, 6) is 0. The molecule has 0 atom stereocenters. The van der Waals surface area contributed by atoms with E-state index in [1.165, 1.54) is 0 Å². The molecule has 0 saturated carbocycles. The van der Waals surface area contributed by atoms with E-state index in [0.717, 1.165) is 11.1 Å². The van der Waals surface area contributed by atoms with Gasteiger partial charge in [0.2, 0.25) is 0 Å². The lowest BCUT2D eigenvalue weighted by atomic mass is 10.0. The number of aromatic amines is 1. The van der Waals surface area contributed by atoms with E-state index < -0.39 is 0 Å². The predicted molar refractivity (Wildman–Crippen MR) is 84.3 cm³/mol. The van der Waals surface area contributed by atoms with Crippen LogP contribution in [0.15, 0.2) is 65.7 Å². The van der Waals surface area contributed by atoms with E-state index in [-0.39, 0.29) is 5.56 Å². The third kappa shape index (κ3) is 2.79. The molecule has 0 aliphatic carbocycles. The minimum absolute atomic E-state index is 0.179. The molecule has 0 radical (unpaired) electrons. The average molecular weight is 287 g/mol. The maximum atomic E-state index is 12.3. The molecular weight excluding hydrogens is 274 g/mol. The summed E-state index contributed by atoms with van der Waals surface area (Å²) in [5.41, 5.74) is 3.16. The molecule has 22 heavy (non-hydrogen) atoms. The van der Waals surface area contributed by atoms with Crippen LogP contribution in [0.2, 0.25) is 0 Å². The average Bonchev–Trinajstić information content (AvgIpc) is 2.58. The molecule has 1 N–H and O–H groups in total. The molecule has 0 aliphatic heterocycles. The molecule has 0 fully saturated rings. The summed E-state index contributed by atoms with van der Waals surface area (Å²) in [6.45, 7) is 0. The lowest BCUT2D eigenvalue weighted by molar-refractivity contribution is 1.07. The molecule has 0 aliphatic rings. The van der Waals surface area contributed by atoms with Crippen molar-refractivity contribution in [2.24, 2.45) is 0 Å². The molecule has 1 aromatic carbocycles. The standard InChI is InChI=1S/C18H13N3O/c19-11-16-10-15(9-13-5-4-8-20-12-13)18(22)21-17(16)14-6-2-1-3-7-14/h1-8,10,12H,9H2,(H,21,22). The van der Waals surface area contributed by atoms with E-state index in [2.05, 4.69) is 16.0 Å². The maximum Gasteiger partial charge on any atom is 0.252 e. The van der Waals surface area contributed by atoms with Crippen LogP contribution in [0.3, 0.4) is 0 Å². The number of hydrogen-bond donors (Lipinski definition) is 1. The highest BCUT2D eigenvalue weighted by Crippen LogP contribution is 2.20. The second kappa shape index (κ2) is 6.06. The number of rotatable bonds is 3. The van der Waals surface area contributed by atoms with Crippen molar-refractivity contribution in [2.45, 2.75) is 6.42 Å². The molecule has 0 spiro atoms. The van der Waals surface area contributed by atoms with Gasteiger partial charge in [-0.05, 0) is 23.3 Å². The van der Waals surface area contributed by atoms with Gasteiger partial charge in [0.05, 0.1) is 11.3 Å². The first kappa shape index (κ1) is 13.8. The van der Waals surface area contributed by atoms with Crippen LogP contribution >= 0.6 is 0 Å². The van der Waals surface area contributed by atoms with Crippen molar-refractivity contribution in [3.05, 3.63) is 88.0 Å². The highest BCUT2D eigenvalue weighted by atomic mass is 16.1. The van der Waals surface area contributed by atoms with Crippen LogP contribution < -0.4 is 5.56 Å². The van der Waals surface area contributed by atoms with E-state index in [4.69, 9.17) is 0 Å². The Morgan fingerprint density at radius 3 is 2.64 bits per heavy atom. The van der Waals surface area contributed by atoms with Gasteiger partial charge in [0, 0.05) is 24.4 Å². The van der Waals surface area contributed by atoms with E-state index >= 15 is 0 Å². The van der Waals surface area contributed by atoms with Crippen molar-refractivity contribution in [2.75, 3.05) is 0 Å². The monoisotopic (exact) mass is 287 g/mol. The molecule has 2 aromatic heterocycles. The van der Waals surface area contributed by atoms with Crippen LogP contribution in [0.4, 0.5) is 0 Å². The first-order valence-corrected chi connectivity index (χ1v) is 6.88. The van der Waals surface area contributed by atoms with Gasteiger partial charge in [0.15, 0.2) is 0 Å². The fourth-order valence-corrected chi connectivity index (χ4v) is 2.35. The number of benzene rings is 1. The van der Waals surface area contributed by atoms with Gasteiger partial charge in [-0.25, -0.2) is 0 Å². The quantitative estimate of drug-likeness (QED) is 0.805. The van der Waals surface area contributed by atoms with Crippen LogP contribution in [0.5, 0.6) is 0 Å². The van der Waals surface area contributed by atoms with Crippen LogP contribution in [-0.2, 0) is 6.42 Å². The molecule has 4 nitrogen and oxygen atoms in total. The molecule has 0 saturated heterocycles. The number of nitrogens with one attached hydrogen (secondary N) is 1. The summed E-state index contributed by atoms with van der Waals surface area (Å²) in [6.07, 6.45) is 3.86. The topological polar surface area (TPSA) is 69.5 Å². The fraction of sp³-hybridized carbons (Fsp3) is 0.0556. The number of nitriles is 1. The van der Waals surface area contributed by atoms with E-state index in [1.54, 1.807) is 18.5 Å². The molecule has 0 amide bonds. The largest absolute Gasteiger partial charge is 0.321 e. The third-order valence-corrected chi connectivity index (χ3v) is 3.42. The zero-order valence-corrected chi connectivity index (χ0v) is 11.8. The van der Waals surface area contributed by atoms with Crippen LogP contribution in [0.25, 0.3) is 11.3 Å². The molecule has 0 unspecified atom stereocenters. The predicted octanol–water partition coefficient (Wildman–Crippen LogP) is 2.90. The molecule has 2 heterocycles. The van der Waals surface area contributed by atoms with Crippen molar-refractivity contribution in [1.29, 1.82) is 5.26 Å². The van der Waals surface area contributed by atoms with Crippen LogP contribution in [-0.4, -0.2) is 9.97 Å². The number of pyridine rings is 2. The number of hydrogen-bond acceptors (Lipinski definition) is 3. The Morgan fingerprint density at radius 1 is 1.14 bits per heavy atom. The Morgan fingerprint density at radius 2 is 1.95 bits per heavy atom. The summed E-state index contributed by atoms with van der Waals surface area (Å²) in [5, 5.41) is 9.38. The van der Waals surface area contributed by atoms with E-state index in [0.29, 0.717) is 23.2 Å². The zero-order valence-electron chi connectivity index (χ0n) is 11.8. The highest BCUT2D eigenvalue weighted by Gasteiger charge is 2.10. The summed E-state index contributed by atoms with van der Waals surface area (Å²) < 4.78 is 0. The Labute approximate surface area is 127 Å². The van der Waals surface area contributed by atoms with E-state index in [1.807, 2.05) is 42.5 Å². The number of aromatic nitrogens is 2. The molecule has 4 heteroatoms. The third-order valence-electron chi connectivity index (χ3n) is 3.42. The number of H-pyrrole nitrogens is 1. The van der Waals surface area contributed by atoms with Gasteiger partial charge in [-0.1, -0.05) is 36.4 Å². The van der Waals surface area contributed by atoms with Gasteiger partial charge in [-0.2, -0.15) is 5.26 Å². The Bertz CT molecular complexity index is 878. The lowest BCUT2D eigenvalue weighted by Crippen LogP contribution is -2.15. The molecule has 3 rings (SSSR count). The van der Waals surface area contributed by atoms with Gasteiger partial charge in [0.1, 0.15) is 6.07 Å². The molecule has 3 aromatic rings. The van der Waals surface area contributed by atoms with Gasteiger partial charge >= 0.3 is 0 Å². The summed E-state index contributed by atoms with van der Waals surface area (Å²) >= 11 is 0. The lowest BCUT2D eigenvalue weighted by Gasteiger charge is -2.07. The summed E-state index contributed by atoms with van der Waals surface area (Å²) in [6, 6.07) is 16.9.